The highest BCUT2D eigenvalue weighted by Crippen LogP contribution is 2.28. The van der Waals surface area contributed by atoms with Gasteiger partial charge >= 0.3 is 0 Å². The molecule has 0 aromatic heterocycles. The minimum atomic E-state index is -3.05. The lowest BCUT2D eigenvalue weighted by Gasteiger charge is -2.40. The number of nitrogens with zero attached hydrogens (tertiary/aromatic N) is 2. The zero-order valence-electron chi connectivity index (χ0n) is 14.5. The first-order valence-electron chi connectivity index (χ1n) is 8.57. The van der Waals surface area contributed by atoms with Crippen molar-refractivity contribution in [3.8, 4) is 0 Å². The number of carbonyl (C=O) groups excluding carboxylic acids is 1. The Morgan fingerprint density at radius 2 is 1.91 bits per heavy atom. The summed E-state index contributed by atoms with van der Waals surface area (Å²) in [4.78, 5) is 16.4. The lowest BCUT2D eigenvalue weighted by atomic mass is 10.0. The summed E-state index contributed by atoms with van der Waals surface area (Å²) in [5.41, 5.74) is 0. The van der Waals surface area contributed by atoms with Crippen molar-refractivity contribution in [3.05, 3.63) is 0 Å². The summed E-state index contributed by atoms with van der Waals surface area (Å²) in [5, 5.41) is -0.324. The van der Waals surface area contributed by atoms with Crippen molar-refractivity contribution in [3.63, 3.8) is 0 Å². The fourth-order valence-corrected chi connectivity index (χ4v) is 5.80. The van der Waals surface area contributed by atoms with Crippen molar-refractivity contribution in [2.45, 2.75) is 44.4 Å². The molecule has 6 nitrogen and oxygen atoms in total. The van der Waals surface area contributed by atoms with E-state index in [4.69, 9.17) is 4.74 Å². The maximum Gasteiger partial charge on any atom is 0.224 e. The maximum atomic E-state index is 12.5. The highest BCUT2D eigenvalue weighted by atomic mass is 32.2. The molecule has 7 heteroatoms. The van der Waals surface area contributed by atoms with Crippen LogP contribution in [0.5, 0.6) is 0 Å². The lowest BCUT2D eigenvalue weighted by molar-refractivity contribution is -0.132. The number of ether oxygens (including phenoxy) is 1. The summed E-state index contributed by atoms with van der Waals surface area (Å²) in [6.07, 6.45) is 1.67. The van der Waals surface area contributed by atoms with Crippen LogP contribution in [-0.2, 0) is 19.4 Å². The van der Waals surface area contributed by atoms with Crippen LogP contribution in [0.2, 0.25) is 0 Å². The Kier molecular flexibility index (Phi) is 6.45. The van der Waals surface area contributed by atoms with Gasteiger partial charge in [0.05, 0.1) is 24.0 Å². The van der Waals surface area contributed by atoms with Crippen molar-refractivity contribution in [2.24, 2.45) is 5.92 Å². The quantitative estimate of drug-likeness (QED) is 0.736. The summed E-state index contributed by atoms with van der Waals surface area (Å²) in [5.74, 6) is 0.829. The molecule has 2 aliphatic rings. The van der Waals surface area contributed by atoms with Gasteiger partial charge in [-0.15, -0.1) is 0 Å². The third-order valence-electron chi connectivity index (χ3n) is 4.87. The van der Waals surface area contributed by atoms with Crippen LogP contribution in [-0.4, -0.2) is 81.1 Å². The zero-order valence-corrected chi connectivity index (χ0v) is 15.3. The Hall–Kier alpha value is -0.660. The molecule has 1 amide bonds. The van der Waals surface area contributed by atoms with E-state index in [2.05, 4.69) is 18.7 Å². The first-order chi connectivity index (χ1) is 10.8. The Morgan fingerprint density at radius 3 is 2.57 bits per heavy atom. The number of hydrogen-bond acceptors (Lipinski definition) is 5. The Labute approximate surface area is 140 Å². The Morgan fingerprint density at radius 1 is 1.22 bits per heavy atom. The molecule has 0 unspecified atom stereocenters. The molecule has 0 N–H and O–H groups in total. The normalized spacial score (nSPS) is 28.4. The van der Waals surface area contributed by atoms with Gasteiger partial charge in [0.25, 0.3) is 0 Å². The Bertz CT molecular complexity index is 506. The standard InChI is InChI=1S/C16H30N2O4S/c1-13(2)12-18-9-11-23(20,21)15-5-8-17(7-4-14(15)18)16(19)6-10-22-3/h13-15H,4-12H2,1-3H3/t14-,15+/m0/s1. The SMILES string of the molecule is COCCC(=O)N1CC[C@@H]2[C@H](CC1)N(CC(C)C)CCS2(=O)=O. The zero-order chi connectivity index (χ0) is 17.0. The fraction of sp³-hybridized carbons (Fsp3) is 0.938. The fourth-order valence-electron chi connectivity index (χ4n) is 3.75. The molecule has 0 aromatic carbocycles. The van der Waals surface area contributed by atoms with E-state index in [0.717, 1.165) is 13.0 Å². The molecule has 0 saturated carbocycles. The van der Waals surface area contributed by atoms with Crippen molar-refractivity contribution in [2.75, 3.05) is 45.6 Å². The van der Waals surface area contributed by atoms with Gasteiger partial charge in [-0.3, -0.25) is 9.69 Å². The molecular weight excluding hydrogens is 316 g/mol. The van der Waals surface area contributed by atoms with Crippen LogP contribution in [0, 0.1) is 5.92 Å². The van der Waals surface area contributed by atoms with E-state index in [1.54, 1.807) is 7.11 Å². The third kappa shape index (κ3) is 4.67. The first-order valence-corrected chi connectivity index (χ1v) is 10.3. The second-order valence-corrected chi connectivity index (χ2v) is 9.40. The lowest BCUT2D eigenvalue weighted by Crippen LogP contribution is -2.55. The van der Waals surface area contributed by atoms with E-state index in [1.807, 2.05) is 4.90 Å². The molecule has 0 bridgehead atoms. The van der Waals surface area contributed by atoms with Crippen molar-refractivity contribution in [1.82, 2.24) is 9.80 Å². The summed E-state index contributed by atoms with van der Waals surface area (Å²) < 4.78 is 30.0. The average molecular weight is 346 g/mol. The van der Waals surface area contributed by atoms with Gasteiger partial charge in [0.2, 0.25) is 5.91 Å². The van der Waals surface area contributed by atoms with Crippen molar-refractivity contribution in [1.29, 1.82) is 0 Å². The molecule has 2 heterocycles. The topological polar surface area (TPSA) is 66.9 Å². The highest BCUT2D eigenvalue weighted by molar-refractivity contribution is 7.92. The van der Waals surface area contributed by atoms with E-state index in [-0.39, 0.29) is 23.0 Å². The maximum absolute atomic E-state index is 12.5. The molecule has 134 valence electrons. The third-order valence-corrected chi connectivity index (χ3v) is 7.10. The number of likely N-dealkylation sites (tertiary alicyclic amines) is 1. The molecule has 2 fully saturated rings. The highest BCUT2D eigenvalue weighted by Gasteiger charge is 2.43. The molecule has 23 heavy (non-hydrogen) atoms. The van der Waals surface area contributed by atoms with Crippen molar-refractivity contribution < 1.29 is 17.9 Å². The summed E-state index contributed by atoms with van der Waals surface area (Å²) in [6.45, 7) is 7.48. The van der Waals surface area contributed by atoms with Gasteiger partial charge in [0.15, 0.2) is 9.84 Å². The van der Waals surface area contributed by atoms with E-state index in [9.17, 15) is 13.2 Å². The smallest absolute Gasteiger partial charge is 0.224 e. The van der Waals surface area contributed by atoms with Gasteiger partial charge in [-0.2, -0.15) is 0 Å². The Balaban J connectivity index is 2.09. The van der Waals surface area contributed by atoms with Crippen LogP contribution in [0.3, 0.4) is 0 Å². The number of carbonyl (C=O) groups is 1. The van der Waals surface area contributed by atoms with Crippen LogP contribution >= 0.6 is 0 Å². The number of hydrogen-bond donors (Lipinski definition) is 0. The predicted molar refractivity (Wildman–Crippen MR) is 90.1 cm³/mol. The predicted octanol–water partition coefficient (Wildman–Crippen LogP) is 0.769. The van der Waals surface area contributed by atoms with E-state index in [1.165, 1.54) is 0 Å². The van der Waals surface area contributed by atoms with Crippen LogP contribution in [0.25, 0.3) is 0 Å². The van der Waals surface area contributed by atoms with Crippen LogP contribution < -0.4 is 0 Å². The molecule has 0 spiro atoms. The van der Waals surface area contributed by atoms with E-state index < -0.39 is 9.84 Å². The number of rotatable bonds is 5. The number of fused-ring (bicyclic) bond motifs is 1. The second-order valence-electron chi connectivity index (χ2n) is 7.06. The minimum absolute atomic E-state index is 0.0522. The largest absolute Gasteiger partial charge is 0.384 e. The van der Waals surface area contributed by atoms with Gasteiger partial charge in [-0.05, 0) is 18.8 Å². The number of amides is 1. The minimum Gasteiger partial charge on any atom is -0.384 e. The van der Waals surface area contributed by atoms with Gasteiger partial charge in [0, 0.05) is 39.3 Å². The first kappa shape index (κ1) is 18.7. The van der Waals surface area contributed by atoms with Crippen LogP contribution in [0.1, 0.15) is 33.1 Å². The molecule has 2 atom stereocenters. The van der Waals surface area contributed by atoms with Crippen LogP contribution in [0.4, 0.5) is 0 Å². The molecule has 0 aromatic rings. The van der Waals surface area contributed by atoms with E-state index in [0.29, 0.717) is 45.0 Å². The van der Waals surface area contributed by atoms with Crippen LogP contribution in [0.15, 0.2) is 0 Å². The molecular formula is C16H30N2O4S. The van der Waals surface area contributed by atoms with Crippen molar-refractivity contribution >= 4 is 15.7 Å². The molecule has 0 radical (unpaired) electrons. The monoisotopic (exact) mass is 346 g/mol. The summed E-state index contributed by atoms with van der Waals surface area (Å²) in [7, 11) is -1.46. The number of sulfone groups is 1. The molecule has 0 aliphatic carbocycles. The van der Waals surface area contributed by atoms with Gasteiger partial charge < -0.3 is 9.64 Å². The summed E-state index contributed by atoms with van der Waals surface area (Å²) >= 11 is 0. The summed E-state index contributed by atoms with van der Waals surface area (Å²) in [6, 6.07) is 0.0522. The van der Waals surface area contributed by atoms with Gasteiger partial charge in [-0.25, -0.2) is 8.42 Å². The van der Waals surface area contributed by atoms with Gasteiger partial charge in [-0.1, -0.05) is 13.8 Å². The van der Waals surface area contributed by atoms with E-state index >= 15 is 0 Å². The molecule has 2 saturated heterocycles. The molecule has 2 rings (SSSR count). The molecule has 2 aliphatic heterocycles. The second kappa shape index (κ2) is 7.94. The average Bonchev–Trinajstić information content (AvgIpc) is 2.71. The van der Waals surface area contributed by atoms with Gasteiger partial charge in [0.1, 0.15) is 0 Å². The number of methoxy groups -OCH3 is 1.